The molecule has 0 aromatic rings. The molecule has 0 radical (unpaired) electrons. The van der Waals surface area contributed by atoms with Crippen LogP contribution in [0.15, 0.2) is 0 Å². The van der Waals surface area contributed by atoms with E-state index in [-0.39, 0.29) is 6.61 Å². The predicted molar refractivity (Wildman–Crippen MR) is 66.6 cm³/mol. The molecule has 0 aromatic heterocycles. The monoisotopic (exact) mass is 370 g/mol. The topological polar surface area (TPSA) is 52.6 Å². The lowest BCUT2D eigenvalue weighted by molar-refractivity contribution is -0.359. The molecule has 142 valence electrons. The molecule has 0 aromatic carbocycles. The van der Waals surface area contributed by atoms with Gasteiger partial charge in [-0.2, -0.15) is 30.7 Å². The molecule has 0 rings (SSSR count). The Kier molecular flexibility index (Phi) is 8.48. The van der Waals surface area contributed by atoms with E-state index in [4.69, 9.17) is 0 Å². The number of alkyl halides is 7. The average Bonchev–Trinajstić information content (AvgIpc) is 2.46. The molecule has 0 unspecified atom stereocenters. The molecule has 11 heteroatoms. The lowest BCUT2D eigenvalue weighted by Gasteiger charge is -2.27. The molecule has 0 saturated heterocycles. The Hall–Kier alpha value is -1.55. The summed E-state index contributed by atoms with van der Waals surface area (Å²) in [6.07, 6.45) is -5.57. The normalized spacial score (nSPS) is 12.8. The smallest absolute Gasteiger partial charge is 0.460 e. The highest BCUT2D eigenvalue weighted by molar-refractivity contribution is 5.77. The standard InChI is InChI=1S/C13H17F7O4/c1-2-3-4-7-23-9(21)5-6-10(22)24-8-11(14,15)12(16,17)13(18,19)20/h2-8H2,1H3. The summed E-state index contributed by atoms with van der Waals surface area (Å²) < 4.78 is 94.7. The number of carbonyl (C=O) groups is 2. The van der Waals surface area contributed by atoms with E-state index in [9.17, 15) is 40.3 Å². The maximum Gasteiger partial charge on any atom is 0.460 e. The Bertz CT molecular complexity index is 421. The molecule has 24 heavy (non-hydrogen) atoms. The van der Waals surface area contributed by atoms with Crippen LogP contribution in [0.4, 0.5) is 30.7 Å². The zero-order chi connectivity index (χ0) is 19.0. The Morgan fingerprint density at radius 3 is 1.79 bits per heavy atom. The van der Waals surface area contributed by atoms with Crippen molar-refractivity contribution < 1.29 is 49.8 Å². The second kappa shape index (κ2) is 9.07. The minimum Gasteiger partial charge on any atom is -0.466 e. The van der Waals surface area contributed by atoms with Gasteiger partial charge in [-0.25, -0.2) is 0 Å². The number of halogens is 7. The van der Waals surface area contributed by atoms with Crippen molar-refractivity contribution >= 4 is 11.9 Å². The van der Waals surface area contributed by atoms with Gasteiger partial charge in [0.2, 0.25) is 0 Å². The number of carbonyl (C=O) groups excluding carboxylic acids is 2. The summed E-state index contributed by atoms with van der Waals surface area (Å²) in [6, 6.07) is 0. The third kappa shape index (κ3) is 6.91. The number of hydrogen-bond donors (Lipinski definition) is 0. The number of unbranched alkanes of at least 4 members (excludes halogenated alkanes) is 2. The van der Waals surface area contributed by atoms with E-state index in [1.807, 2.05) is 6.92 Å². The Morgan fingerprint density at radius 1 is 0.833 bits per heavy atom. The highest BCUT2D eigenvalue weighted by Gasteiger charge is 2.73. The van der Waals surface area contributed by atoms with Gasteiger partial charge >= 0.3 is 30.0 Å². The third-order valence-electron chi connectivity index (χ3n) is 2.77. The molecular formula is C13H17F7O4. The van der Waals surface area contributed by atoms with E-state index < -0.39 is 49.4 Å². The molecule has 0 aliphatic rings. The summed E-state index contributed by atoms with van der Waals surface area (Å²) in [7, 11) is 0. The summed E-state index contributed by atoms with van der Waals surface area (Å²) in [5.74, 6) is -14.3. The first-order chi connectivity index (χ1) is 10.8. The van der Waals surface area contributed by atoms with Crippen LogP contribution in [-0.4, -0.2) is 43.2 Å². The fourth-order valence-corrected chi connectivity index (χ4v) is 1.36. The first-order valence-corrected chi connectivity index (χ1v) is 6.98. The van der Waals surface area contributed by atoms with Crippen molar-refractivity contribution in [1.82, 2.24) is 0 Å². The summed E-state index contributed by atoms with van der Waals surface area (Å²) in [6.45, 7) is -0.447. The van der Waals surface area contributed by atoms with Gasteiger partial charge < -0.3 is 9.47 Å². The third-order valence-corrected chi connectivity index (χ3v) is 2.77. The maximum atomic E-state index is 12.9. The Labute approximate surface area is 133 Å². The van der Waals surface area contributed by atoms with Crippen molar-refractivity contribution in [3.05, 3.63) is 0 Å². The van der Waals surface area contributed by atoms with Crippen molar-refractivity contribution in [2.24, 2.45) is 0 Å². The van der Waals surface area contributed by atoms with Gasteiger partial charge in [-0.05, 0) is 6.42 Å². The van der Waals surface area contributed by atoms with E-state index in [1.165, 1.54) is 0 Å². The largest absolute Gasteiger partial charge is 0.466 e. The van der Waals surface area contributed by atoms with Gasteiger partial charge in [0.1, 0.15) is 0 Å². The molecule has 4 nitrogen and oxygen atoms in total. The van der Waals surface area contributed by atoms with Crippen molar-refractivity contribution in [2.75, 3.05) is 13.2 Å². The molecule has 0 N–H and O–H groups in total. The fraction of sp³-hybridized carbons (Fsp3) is 0.846. The van der Waals surface area contributed by atoms with Crippen LogP contribution >= 0.6 is 0 Å². The molecule has 0 aliphatic heterocycles. The van der Waals surface area contributed by atoms with Crippen LogP contribution in [0.2, 0.25) is 0 Å². The molecule has 0 spiro atoms. The van der Waals surface area contributed by atoms with E-state index in [1.54, 1.807) is 0 Å². The van der Waals surface area contributed by atoms with E-state index in [0.29, 0.717) is 6.42 Å². The molecule has 0 fully saturated rings. The van der Waals surface area contributed by atoms with E-state index in [0.717, 1.165) is 12.8 Å². The van der Waals surface area contributed by atoms with Gasteiger partial charge in [-0.3, -0.25) is 9.59 Å². The van der Waals surface area contributed by atoms with Crippen LogP contribution in [0.25, 0.3) is 0 Å². The number of hydrogen-bond acceptors (Lipinski definition) is 4. The van der Waals surface area contributed by atoms with Crippen LogP contribution < -0.4 is 0 Å². The van der Waals surface area contributed by atoms with Crippen molar-refractivity contribution in [1.29, 1.82) is 0 Å². The highest BCUT2D eigenvalue weighted by Crippen LogP contribution is 2.46. The number of rotatable bonds is 10. The van der Waals surface area contributed by atoms with Crippen molar-refractivity contribution in [2.45, 2.75) is 57.0 Å². The zero-order valence-electron chi connectivity index (χ0n) is 12.7. The van der Waals surface area contributed by atoms with Gasteiger partial charge in [-0.15, -0.1) is 0 Å². The summed E-state index contributed by atoms with van der Waals surface area (Å²) >= 11 is 0. The second-order valence-electron chi connectivity index (χ2n) is 4.86. The van der Waals surface area contributed by atoms with Gasteiger partial charge in [0.25, 0.3) is 0 Å². The molecule has 0 amide bonds. The maximum absolute atomic E-state index is 12.9. The summed E-state index contributed by atoms with van der Waals surface area (Å²) in [5, 5.41) is 0. The zero-order valence-corrected chi connectivity index (χ0v) is 12.7. The molecule has 0 bridgehead atoms. The van der Waals surface area contributed by atoms with Crippen LogP contribution in [0.3, 0.4) is 0 Å². The molecule has 0 aliphatic carbocycles. The number of ether oxygens (including phenoxy) is 2. The van der Waals surface area contributed by atoms with Crippen LogP contribution in [0.1, 0.15) is 39.0 Å². The van der Waals surface area contributed by atoms with Gasteiger partial charge in [0.05, 0.1) is 19.4 Å². The Balaban J connectivity index is 4.24. The van der Waals surface area contributed by atoms with Crippen LogP contribution in [0, 0.1) is 0 Å². The van der Waals surface area contributed by atoms with Crippen LogP contribution in [-0.2, 0) is 19.1 Å². The molecular weight excluding hydrogens is 353 g/mol. The molecule has 0 heterocycles. The van der Waals surface area contributed by atoms with E-state index >= 15 is 0 Å². The first kappa shape index (κ1) is 22.4. The number of esters is 2. The van der Waals surface area contributed by atoms with E-state index in [2.05, 4.69) is 9.47 Å². The highest BCUT2D eigenvalue weighted by atomic mass is 19.4. The average molecular weight is 370 g/mol. The predicted octanol–water partition coefficient (Wildman–Crippen LogP) is 3.88. The van der Waals surface area contributed by atoms with Gasteiger partial charge in [0.15, 0.2) is 6.61 Å². The Morgan fingerprint density at radius 2 is 1.33 bits per heavy atom. The van der Waals surface area contributed by atoms with Gasteiger partial charge in [-0.1, -0.05) is 19.8 Å². The second-order valence-corrected chi connectivity index (χ2v) is 4.86. The lowest BCUT2D eigenvalue weighted by atomic mass is 10.2. The molecule has 0 atom stereocenters. The minimum absolute atomic E-state index is 0.0948. The SMILES string of the molecule is CCCCCOC(=O)CCC(=O)OCC(F)(F)C(F)(F)C(F)(F)F. The quantitative estimate of drug-likeness (QED) is 0.333. The summed E-state index contributed by atoms with van der Waals surface area (Å²) in [5.41, 5.74) is 0. The van der Waals surface area contributed by atoms with Crippen molar-refractivity contribution in [3.63, 3.8) is 0 Å². The fourth-order valence-electron chi connectivity index (χ4n) is 1.36. The minimum atomic E-state index is -6.49. The first-order valence-electron chi connectivity index (χ1n) is 6.98. The molecule has 0 saturated carbocycles. The lowest BCUT2D eigenvalue weighted by Crippen LogP contribution is -2.54. The van der Waals surface area contributed by atoms with Gasteiger partial charge in [0, 0.05) is 0 Å². The van der Waals surface area contributed by atoms with Crippen molar-refractivity contribution in [3.8, 4) is 0 Å². The van der Waals surface area contributed by atoms with Crippen LogP contribution in [0.5, 0.6) is 0 Å². The summed E-state index contributed by atoms with van der Waals surface area (Å²) in [4.78, 5) is 22.2.